The number of alkyl halides is 3. The number of anilines is 1. The monoisotopic (exact) mass is 518 g/mol. The Labute approximate surface area is 211 Å². The number of methoxy groups -OCH3 is 1. The Kier molecular flexibility index (Phi) is 7.82. The average molecular weight is 519 g/mol. The summed E-state index contributed by atoms with van der Waals surface area (Å²) in [6.07, 6.45) is -2.79. The van der Waals surface area contributed by atoms with E-state index in [1.807, 2.05) is 22.9 Å². The molecule has 0 saturated heterocycles. The van der Waals surface area contributed by atoms with Crippen molar-refractivity contribution in [1.29, 1.82) is 0 Å². The van der Waals surface area contributed by atoms with E-state index in [1.54, 1.807) is 17.0 Å². The summed E-state index contributed by atoms with van der Waals surface area (Å²) >= 11 is 0. The van der Waals surface area contributed by atoms with Gasteiger partial charge in [-0.3, -0.25) is 4.79 Å². The number of carbonyl (C=O) groups excluding carboxylic acids is 2. The first-order chi connectivity index (χ1) is 17.7. The van der Waals surface area contributed by atoms with Crippen molar-refractivity contribution in [3.8, 4) is 0 Å². The zero-order valence-electron chi connectivity index (χ0n) is 20.0. The summed E-state index contributed by atoms with van der Waals surface area (Å²) in [5.74, 6) is -0.880. The maximum absolute atomic E-state index is 14.1. The number of nitrogens with zero attached hydrogens (tertiary/aromatic N) is 3. The second-order valence-electron chi connectivity index (χ2n) is 8.56. The van der Waals surface area contributed by atoms with Crippen molar-refractivity contribution in [2.24, 2.45) is 0 Å². The van der Waals surface area contributed by atoms with Gasteiger partial charge in [-0.1, -0.05) is 24.3 Å². The van der Waals surface area contributed by atoms with Crippen LogP contribution in [0.2, 0.25) is 0 Å². The normalized spacial score (nSPS) is 15.3. The largest absolute Gasteiger partial charge is 0.418 e. The molecule has 11 heteroatoms. The Morgan fingerprint density at radius 3 is 2.59 bits per heavy atom. The van der Waals surface area contributed by atoms with Crippen LogP contribution in [0, 0.1) is 5.82 Å². The van der Waals surface area contributed by atoms with Crippen LogP contribution in [-0.2, 0) is 22.3 Å². The molecule has 1 aromatic heterocycles. The molecular formula is C26H26F4N4O3. The van der Waals surface area contributed by atoms with Crippen LogP contribution in [0.3, 0.4) is 0 Å². The summed E-state index contributed by atoms with van der Waals surface area (Å²) in [6, 6.07) is 12.8. The molecule has 1 aliphatic rings. The highest BCUT2D eigenvalue weighted by Gasteiger charge is 2.35. The number of hydrogen-bond acceptors (Lipinski definition) is 3. The molecule has 3 amide bonds. The lowest BCUT2D eigenvalue weighted by Gasteiger charge is -2.38. The maximum atomic E-state index is 14.1. The van der Waals surface area contributed by atoms with Crippen LogP contribution in [0.1, 0.15) is 22.9 Å². The maximum Gasteiger partial charge on any atom is 0.418 e. The van der Waals surface area contributed by atoms with E-state index in [2.05, 4.69) is 5.32 Å². The van der Waals surface area contributed by atoms with Crippen molar-refractivity contribution in [1.82, 2.24) is 14.4 Å². The van der Waals surface area contributed by atoms with Crippen molar-refractivity contribution >= 4 is 17.6 Å². The zero-order chi connectivity index (χ0) is 26.6. The highest BCUT2D eigenvalue weighted by molar-refractivity contribution is 5.93. The first-order valence-corrected chi connectivity index (χ1v) is 11.6. The molecule has 1 aliphatic heterocycles. The molecule has 196 valence electrons. The van der Waals surface area contributed by atoms with Crippen LogP contribution < -0.4 is 5.32 Å². The number of benzene rings is 2. The lowest BCUT2D eigenvalue weighted by atomic mass is 9.99. The highest BCUT2D eigenvalue weighted by atomic mass is 19.4. The number of aromatic nitrogens is 1. The zero-order valence-corrected chi connectivity index (χ0v) is 20.0. The Bertz CT molecular complexity index is 1260. The number of hydrogen-bond donors (Lipinski definition) is 1. The molecule has 0 spiro atoms. The van der Waals surface area contributed by atoms with Gasteiger partial charge in [0.1, 0.15) is 12.4 Å². The van der Waals surface area contributed by atoms with Crippen molar-refractivity contribution in [2.45, 2.75) is 18.8 Å². The predicted molar refractivity (Wildman–Crippen MR) is 128 cm³/mol. The minimum absolute atomic E-state index is 0.0306. The van der Waals surface area contributed by atoms with E-state index in [9.17, 15) is 27.2 Å². The van der Waals surface area contributed by atoms with Gasteiger partial charge in [0.2, 0.25) is 5.91 Å². The summed E-state index contributed by atoms with van der Waals surface area (Å²) in [5, 5.41) is 2.28. The molecule has 0 radical (unpaired) electrons. The molecule has 2 aromatic carbocycles. The second-order valence-corrected chi connectivity index (χ2v) is 8.56. The SMILES string of the molecule is COCCN(CC(=O)N1CCn2cccc2C1c1cccc(F)c1)C(=O)Nc1ccccc1C(F)(F)F. The van der Waals surface area contributed by atoms with E-state index in [1.165, 1.54) is 31.4 Å². The first-order valence-electron chi connectivity index (χ1n) is 11.6. The van der Waals surface area contributed by atoms with Crippen LogP contribution in [0.25, 0.3) is 0 Å². The second kappa shape index (κ2) is 11.0. The van der Waals surface area contributed by atoms with E-state index in [4.69, 9.17) is 4.74 Å². The molecule has 1 atom stereocenters. The van der Waals surface area contributed by atoms with E-state index in [0.29, 0.717) is 18.7 Å². The first kappa shape index (κ1) is 26.2. The molecular weight excluding hydrogens is 492 g/mol. The van der Waals surface area contributed by atoms with Crippen LogP contribution in [0.4, 0.5) is 28.0 Å². The molecule has 0 aliphatic carbocycles. The van der Waals surface area contributed by atoms with Gasteiger partial charge < -0.3 is 24.4 Å². The molecule has 0 bridgehead atoms. The fourth-order valence-electron chi connectivity index (χ4n) is 4.42. The fourth-order valence-corrected chi connectivity index (χ4v) is 4.42. The van der Waals surface area contributed by atoms with Gasteiger partial charge in [0.05, 0.1) is 23.9 Å². The van der Waals surface area contributed by atoms with E-state index in [0.717, 1.165) is 22.7 Å². The van der Waals surface area contributed by atoms with Crippen LogP contribution in [-0.4, -0.2) is 59.7 Å². The standard InChI is InChI=1S/C26H26F4N4O3/c1-37-15-14-33(25(36)31-21-9-3-2-8-20(21)26(28,29)30)17-23(35)34-13-12-32-11-5-10-22(32)24(34)18-6-4-7-19(27)16-18/h2-11,16,24H,12-15,17H2,1H3,(H,31,36). The number of ether oxygens (including phenoxy) is 1. The third-order valence-electron chi connectivity index (χ3n) is 6.18. The number of para-hydroxylation sites is 1. The van der Waals surface area contributed by atoms with Gasteiger partial charge in [0.15, 0.2) is 0 Å². The average Bonchev–Trinajstić information content (AvgIpc) is 3.34. The summed E-state index contributed by atoms with van der Waals surface area (Å²) in [5.41, 5.74) is -0.0511. The minimum Gasteiger partial charge on any atom is -0.383 e. The van der Waals surface area contributed by atoms with Crippen LogP contribution in [0.5, 0.6) is 0 Å². The Balaban J connectivity index is 1.58. The summed E-state index contributed by atoms with van der Waals surface area (Å²) in [4.78, 5) is 29.2. The van der Waals surface area contributed by atoms with Gasteiger partial charge in [-0.05, 0) is 42.0 Å². The quantitative estimate of drug-likeness (QED) is 0.459. The van der Waals surface area contributed by atoms with Gasteiger partial charge in [0.25, 0.3) is 0 Å². The molecule has 0 fully saturated rings. The Hall–Kier alpha value is -3.86. The Morgan fingerprint density at radius 1 is 1.08 bits per heavy atom. The van der Waals surface area contributed by atoms with Gasteiger partial charge in [-0.25, -0.2) is 9.18 Å². The van der Waals surface area contributed by atoms with Crippen molar-refractivity contribution < 1.29 is 31.9 Å². The van der Waals surface area contributed by atoms with Gasteiger partial charge >= 0.3 is 12.2 Å². The van der Waals surface area contributed by atoms with Gasteiger partial charge in [0, 0.05) is 38.6 Å². The Morgan fingerprint density at radius 2 is 1.86 bits per heavy atom. The third-order valence-corrected chi connectivity index (χ3v) is 6.18. The van der Waals surface area contributed by atoms with Crippen molar-refractivity contribution in [3.63, 3.8) is 0 Å². The molecule has 0 saturated carbocycles. The molecule has 7 nitrogen and oxygen atoms in total. The highest BCUT2D eigenvalue weighted by Crippen LogP contribution is 2.35. The smallest absolute Gasteiger partial charge is 0.383 e. The summed E-state index contributed by atoms with van der Waals surface area (Å²) in [7, 11) is 1.41. The number of halogens is 4. The fraction of sp³-hybridized carbons (Fsp3) is 0.308. The molecule has 1 N–H and O–H groups in total. The lowest BCUT2D eigenvalue weighted by Crippen LogP contribution is -2.49. The van der Waals surface area contributed by atoms with E-state index < -0.39 is 47.8 Å². The molecule has 37 heavy (non-hydrogen) atoms. The lowest BCUT2D eigenvalue weighted by molar-refractivity contribution is -0.137. The van der Waals surface area contributed by atoms with Crippen molar-refractivity contribution in [3.05, 3.63) is 89.5 Å². The topological polar surface area (TPSA) is 66.8 Å². The van der Waals surface area contributed by atoms with E-state index in [-0.39, 0.29) is 13.2 Å². The molecule has 1 unspecified atom stereocenters. The summed E-state index contributed by atoms with van der Waals surface area (Å²) < 4.78 is 61.3. The van der Waals surface area contributed by atoms with Gasteiger partial charge in [-0.15, -0.1) is 0 Å². The number of fused-ring (bicyclic) bond motifs is 1. The molecule has 4 rings (SSSR count). The van der Waals surface area contributed by atoms with Crippen LogP contribution >= 0.6 is 0 Å². The minimum atomic E-state index is -4.67. The number of amides is 3. The molecule has 2 heterocycles. The number of carbonyl (C=O) groups is 2. The number of nitrogens with one attached hydrogen (secondary N) is 1. The summed E-state index contributed by atoms with van der Waals surface area (Å²) in [6.45, 7) is 0.437. The van der Waals surface area contributed by atoms with Gasteiger partial charge in [-0.2, -0.15) is 13.2 Å². The number of urea groups is 1. The van der Waals surface area contributed by atoms with Crippen molar-refractivity contribution in [2.75, 3.05) is 38.7 Å². The van der Waals surface area contributed by atoms with E-state index >= 15 is 0 Å². The number of rotatable bonds is 7. The third kappa shape index (κ3) is 5.93. The predicted octanol–water partition coefficient (Wildman–Crippen LogP) is 4.76. The molecule has 3 aromatic rings. The van der Waals surface area contributed by atoms with Crippen LogP contribution in [0.15, 0.2) is 66.9 Å².